The van der Waals surface area contributed by atoms with Gasteiger partial charge in [-0.2, -0.15) is 14.7 Å². The molecule has 1 aromatic carbocycles. The molecule has 0 saturated carbocycles. The summed E-state index contributed by atoms with van der Waals surface area (Å²) in [6, 6.07) is 1.91. The molecule has 0 aromatic heterocycles. The Balaban J connectivity index is 3.36. The molecule has 0 atom stereocenters. The summed E-state index contributed by atoms with van der Waals surface area (Å²) in [6.45, 7) is 12.8. The Kier molecular flexibility index (Phi) is 9.92. The standard InChI is InChI=1S/C23H42O3P/c1-7-9-11-13-15-19-17-21(27(24,25)26)22(23(4,5)6)18(3)20(19)16-14-12-10-8-2/h17,24-26H,7-16H2,1-6H3/q+1. The molecule has 0 spiro atoms. The SMILES string of the molecule is CCCCCCc1cc([P+](O)(O)O)c(C(C)(C)C)c(C)c1CCCCCC. The minimum Gasteiger partial charge on any atom is -0.189 e. The maximum atomic E-state index is 10.2. The van der Waals surface area contributed by atoms with Crippen LogP contribution in [0.4, 0.5) is 0 Å². The predicted molar refractivity (Wildman–Crippen MR) is 119 cm³/mol. The monoisotopic (exact) mass is 397 g/mol. The molecule has 1 aromatic rings. The van der Waals surface area contributed by atoms with E-state index >= 15 is 0 Å². The van der Waals surface area contributed by atoms with E-state index in [0.29, 0.717) is 5.30 Å². The Morgan fingerprint density at radius 2 is 1.33 bits per heavy atom. The molecule has 27 heavy (non-hydrogen) atoms. The van der Waals surface area contributed by atoms with Crippen LogP contribution < -0.4 is 5.30 Å². The zero-order valence-corrected chi connectivity index (χ0v) is 19.3. The van der Waals surface area contributed by atoms with Gasteiger partial charge in [-0.25, -0.2) is 0 Å². The third-order valence-electron chi connectivity index (χ3n) is 5.44. The van der Waals surface area contributed by atoms with Crippen molar-refractivity contribution in [1.82, 2.24) is 0 Å². The second-order valence-corrected chi connectivity index (χ2v) is 10.6. The van der Waals surface area contributed by atoms with Gasteiger partial charge in [0.05, 0.1) is 0 Å². The molecule has 3 nitrogen and oxygen atoms in total. The van der Waals surface area contributed by atoms with Crippen molar-refractivity contribution in [3.8, 4) is 0 Å². The summed E-state index contributed by atoms with van der Waals surface area (Å²) in [7, 11) is -4.06. The van der Waals surface area contributed by atoms with E-state index < -0.39 is 7.94 Å². The highest BCUT2D eigenvalue weighted by Crippen LogP contribution is 2.48. The van der Waals surface area contributed by atoms with E-state index in [0.717, 1.165) is 36.8 Å². The molecule has 0 heterocycles. The summed E-state index contributed by atoms with van der Waals surface area (Å²) in [4.78, 5) is 30.5. The molecule has 0 aliphatic heterocycles. The largest absolute Gasteiger partial charge is 0.441 e. The third kappa shape index (κ3) is 7.46. The summed E-state index contributed by atoms with van der Waals surface area (Å²) in [5, 5.41) is 0.357. The maximum absolute atomic E-state index is 10.2. The van der Waals surface area contributed by atoms with E-state index in [9.17, 15) is 14.7 Å². The fraction of sp³-hybridized carbons (Fsp3) is 0.739. The first-order valence-electron chi connectivity index (χ1n) is 10.8. The highest BCUT2D eigenvalue weighted by molar-refractivity contribution is 7.66. The van der Waals surface area contributed by atoms with E-state index in [1.165, 1.54) is 49.7 Å². The van der Waals surface area contributed by atoms with E-state index in [1.54, 1.807) is 0 Å². The van der Waals surface area contributed by atoms with Crippen LogP contribution in [0.25, 0.3) is 0 Å². The van der Waals surface area contributed by atoms with E-state index in [1.807, 2.05) is 6.07 Å². The van der Waals surface area contributed by atoms with Gasteiger partial charge in [-0.1, -0.05) is 73.1 Å². The zero-order valence-electron chi connectivity index (χ0n) is 18.4. The van der Waals surface area contributed by atoms with Gasteiger partial charge < -0.3 is 0 Å². The van der Waals surface area contributed by atoms with Gasteiger partial charge in [-0.3, -0.25) is 0 Å². The summed E-state index contributed by atoms with van der Waals surface area (Å²) < 4.78 is 0. The quantitative estimate of drug-likeness (QED) is 0.322. The predicted octanol–water partition coefficient (Wildman–Crippen LogP) is 5.90. The van der Waals surface area contributed by atoms with Crippen molar-refractivity contribution in [2.24, 2.45) is 0 Å². The molecule has 0 radical (unpaired) electrons. The smallest absolute Gasteiger partial charge is 0.189 e. The van der Waals surface area contributed by atoms with Gasteiger partial charge in [-0.15, -0.1) is 0 Å². The Bertz CT molecular complexity index is 583. The van der Waals surface area contributed by atoms with E-state index in [-0.39, 0.29) is 5.41 Å². The first-order valence-corrected chi connectivity index (χ1v) is 12.4. The van der Waals surface area contributed by atoms with Gasteiger partial charge in [0.25, 0.3) is 0 Å². The normalized spacial score (nSPS) is 12.6. The number of benzene rings is 1. The highest BCUT2D eigenvalue weighted by Gasteiger charge is 2.41. The van der Waals surface area contributed by atoms with Crippen LogP contribution in [0, 0.1) is 6.92 Å². The third-order valence-corrected chi connectivity index (χ3v) is 6.43. The van der Waals surface area contributed by atoms with Gasteiger partial charge in [0, 0.05) is 5.56 Å². The lowest BCUT2D eigenvalue weighted by Crippen LogP contribution is -2.28. The summed E-state index contributed by atoms with van der Waals surface area (Å²) >= 11 is 0. The maximum Gasteiger partial charge on any atom is 0.441 e. The molecule has 0 saturated heterocycles. The fourth-order valence-corrected chi connectivity index (χ4v) is 5.27. The minimum absolute atomic E-state index is 0.252. The lowest BCUT2D eigenvalue weighted by Gasteiger charge is -2.28. The van der Waals surface area contributed by atoms with Gasteiger partial charge in [0.15, 0.2) is 5.30 Å². The van der Waals surface area contributed by atoms with Crippen molar-refractivity contribution in [2.45, 2.75) is 111 Å². The van der Waals surface area contributed by atoms with Crippen molar-refractivity contribution < 1.29 is 14.7 Å². The molecule has 156 valence electrons. The van der Waals surface area contributed by atoms with Crippen LogP contribution in [0.5, 0.6) is 0 Å². The second kappa shape index (κ2) is 10.9. The van der Waals surface area contributed by atoms with Crippen molar-refractivity contribution in [2.75, 3.05) is 0 Å². The van der Waals surface area contributed by atoms with Crippen molar-refractivity contribution in [1.29, 1.82) is 0 Å². The topological polar surface area (TPSA) is 60.7 Å². The van der Waals surface area contributed by atoms with Crippen LogP contribution >= 0.6 is 7.94 Å². The van der Waals surface area contributed by atoms with E-state index in [4.69, 9.17) is 0 Å². The first kappa shape index (κ1) is 24.6. The molecular formula is C23H42O3P+. The number of unbranched alkanes of at least 4 members (excludes halogenated alkanes) is 6. The number of rotatable bonds is 11. The van der Waals surface area contributed by atoms with Gasteiger partial charge in [-0.05, 0) is 60.8 Å². The van der Waals surface area contributed by atoms with Crippen LogP contribution in [0.1, 0.15) is 108 Å². The molecule has 1 rings (SSSR count). The molecule has 0 fully saturated rings. The molecule has 4 heteroatoms. The van der Waals surface area contributed by atoms with Crippen molar-refractivity contribution in [3.63, 3.8) is 0 Å². The van der Waals surface area contributed by atoms with Crippen LogP contribution in [0.3, 0.4) is 0 Å². The Morgan fingerprint density at radius 3 is 1.78 bits per heavy atom. The molecule has 0 aliphatic carbocycles. The molecule has 0 amide bonds. The number of hydrogen-bond donors (Lipinski definition) is 3. The Morgan fingerprint density at radius 1 is 0.815 bits per heavy atom. The first-order chi connectivity index (χ1) is 12.5. The fourth-order valence-electron chi connectivity index (χ4n) is 4.13. The van der Waals surface area contributed by atoms with Crippen LogP contribution in [0.15, 0.2) is 6.07 Å². The van der Waals surface area contributed by atoms with E-state index in [2.05, 4.69) is 41.5 Å². The van der Waals surface area contributed by atoms with Gasteiger partial charge in [0.1, 0.15) is 0 Å². The summed E-state index contributed by atoms with van der Waals surface area (Å²) in [5.41, 5.74) is 4.36. The number of hydrogen-bond acceptors (Lipinski definition) is 3. The average molecular weight is 398 g/mol. The lowest BCUT2D eigenvalue weighted by atomic mass is 9.79. The van der Waals surface area contributed by atoms with Crippen LogP contribution in [-0.4, -0.2) is 14.7 Å². The highest BCUT2D eigenvalue weighted by atomic mass is 31.2. The van der Waals surface area contributed by atoms with Crippen molar-refractivity contribution in [3.05, 3.63) is 28.3 Å². The van der Waals surface area contributed by atoms with Gasteiger partial charge in [0.2, 0.25) is 0 Å². The molecule has 3 N–H and O–H groups in total. The molecular weight excluding hydrogens is 355 g/mol. The zero-order chi connectivity index (χ0) is 20.7. The Hall–Kier alpha value is -0.470. The molecule has 0 aliphatic rings. The van der Waals surface area contributed by atoms with Crippen LogP contribution in [0.2, 0.25) is 0 Å². The minimum atomic E-state index is -4.06. The molecule has 0 unspecified atom stereocenters. The summed E-state index contributed by atoms with van der Waals surface area (Å²) in [5.74, 6) is 0. The second-order valence-electron chi connectivity index (χ2n) is 8.97. The summed E-state index contributed by atoms with van der Waals surface area (Å²) in [6.07, 6.45) is 11.6. The van der Waals surface area contributed by atoms with Gasteiger partial charge >= 0.3 is 7.94 Å². The van der Waals surface area contributed by atoms with Crippen LogP contribution in [-0.2, 0) is 18.3 Å². The Labute approximate surface area is 167 Å². The van der Waals surface area contributed by atoms with Crippen molar-refractivity contribution >= 4 is 13.2 Å². The molecule has 0 bridgehead atoms. The number of aryl methyl sites for hydroxylation is 1. The average Bonchev–Trinajstić information content (AvgIpc) is 2.54. The lowest BCUT2D eigenvalue weighted by molar-refractivity contribution is 0.346.